The van der Waals surface area contributed by atoms with Crippen molar-refractivity contribution in [2.24, 2.45) is 5.73 Å². The van der Waals surface area contributed by atoms with Crippen molar-refractivity contribution >= 4 is 27.7 Å². The highest BCUT2D eigenvalue weighted by atomic mass is 79.9. The van der Waals surface area contributed by atoms with Crippen LogP contribution in [0.25, 0.3) is 0 Å². The van der Waals surface area contributed by atoms with Crippen molar-refractivity contribution in [2.75, 3.05) is 18.0 Å². The van der Waals surface area contributed by atoms with E-state index in [2.05, 4.69) is 20.9 Å². The number of aliphatic carboxylic acids is 1. The Morgan fingerprint density at radius 3 is 2.88 bits per heavy atom. The number of carbonyl (C=O) groups is 1. The molecule has 3 N–H and O–H groups in total. The molecule has 1 atom stereocenters. The molecule has 1 saturated heterocycles. The second kappa shape index (κ2) is 4.03. The average Bonchev–Trinajstić information content (AvgIpc) is 2.63. The lowest BCUT2D eigenvalue weighted by Crippen LogP contribution is -2.50. The molecule has 2 heterocycles. The van der Waals surface area contributed by atoms with E-state index in [0.717, 1.165) is 10.3 Å². The highest BCUT2D eigenvalue weighted by Gasteiger charge is 2.41. The smallest absolute Gasteiger partial charge is 0.325 e. The minimum atomic E-state index is -1.14. The molecule has 0 aromatic carbocycles. The molecule has 1 unspecified atom stereocenters. The second-order valence-electron chi connectivity index (χ2n) is 3.97. The van der Waals surface area contributed by atoms with E-state index in [1.807, 2.05) is 17.0 Å². The predicted octanol–water partition coefficient (Wildman–Crippen LogP) is 0.836. The van der Waals surface area contributed by atoms with Gasteiger partial charge in [-0.15, -0.1) is 0 Å². The third-order valence-electron chi connectivity index (χ3n) is 2.76. The molecule has 0 saturated carbocycles. The molecule has 2 rings (SSSR count). The van der Waals surface area contributed by atoms with Crippen LogP contribution in [0, 0.1) is 0 Å². The van der Waals surface area contributed by atoms with E-state index in [1.165, 1.54) is 0 Å². The Balaban J connectivity index is 2.15. The van der Waals surface area contributed by atoms with Crippen molar-refractivity contribution < 1.29 is 9.90 Å². The van der Waals surface area contributed by atoms with Gasteiger partial charge in [-0.2, -0.15) is 0 Å². The normalized spacial score (nSPS) is 24.8. The Kier molecular flexibility index (Phi) is 2.86. The summed E-state index contributed by atoms with van der Waals surface area (Å²) in [5.74, 6) is -0.191. The van der Waals surface area contributed by atoms with E-state index in [1.54, 1.807) is 6.20 Å². The lowest BCUT2D eigenvalue weighted by molar-refractivity contribution is -0.142. The largest absolute Gasteiger partial charge is 0.480 e. The van der Waals surface area contributed by atoms with Gasteiger partial charge in [-0.1, -0.05) is 0 Å². The van der Waals surface area contributed by atoms with Crippen LogP contribution in [-0.2, 0) is 4.79 Å². The first-order valence-corrected chi connectivity index (χ1v) is 5.69. The van der Waals surface area contributed by atoms with Gasteiger partial charge in [0, 0.05) is 23.8 Å². The average molecular weight is 286 g/mol. The number of aromatic nitrogens is 1. The molecule has 1 aromatic rings. The van der Waals surface area contributed by atoms with Gasteiger partial charge in [-0.25, -0.2) is 4.98 Å². The van der Waals surface area contributed by atoms with Gasteiger partial charge in [0.2, 0.25) is 0 Å². The van der Waals surface area contributed by atoms with Gasteiger partial charge in [0.05, 0.1) is 0 Å². The maximum absolute atomic E-state index is 11.0. The second-order valence-corrected chi connectivity index (χ2v) is 4.88. The first-order valence-electron chi connectivity index (χ1n) is 4.90. The van der Waals surface area contributed by atoms with Crippen LogP contribution in [0.4, 0.5) is 5.82 Å². The summed E-state index contributed by atoms with van der Waals surface area (Å²) in [6, 6.07) is 3.72. The first-order chi connectivity index (χ1) is 7.51. The number of nitrogens with zero attached hydrogens (tertiary/aromatic N) is 2. The molecule has 1 aliphatic rings. The van der Waals surface area contributed by atoms with Crippen LogP contribution in [0.2, 0.25) is 0 Å². The zero-order chi connectivity index (χ0) is 11.8. The predicted molar refractivity (Wildman–Crippen MR) is 63.3 cm³/mol. The summed E-state index contributed by atoms with van der Waals surface area (Å²) in [6.07, 6.45) is 2.13. The van der Waals surface area contributed by atoms with Crippen LogP contribution < -0.4 is 10.6 Å². The molecule has 1 fully saturated rings. The van der Waals surface area contributed by atoms with E-state index >= 15 is 0 Å². The van der Waals surface area contributed by atoms with E-state index in [4.69, 9.17) is 10.8 Å². The van der Waals surface area contributed by atoms with Crippen LogP contribution in [0.5, 0.6) is 0 Å². The summed E-state index contributed by atoms with van der Waals surface area (Å²) in [5.41, 5.74) is 4.64. The van der Waals surface area contributed by atoms with E-state index in [0.29, 0.717) is 19.5 Å². The van der Waals surface area contributed by atoms with Crippen LogP contribution in [0.3, 0.4) is 0 Å². The van der Waals surface area contributed by atoms with Gasteiger partial charge >= 0.3 is 5.97 Å². The zero-order valence-corrected chi connectivity index (χ0v) is 10.1. The van der Waals surface area contributed by atoms with Crippen LogP contribution in [-0.4, -0.2) is 34.7 Å². The summed E-state index contributed by atoms with van der Waals surface area (Å²) < 4.78 is 0.896. The molecular formula is C10H12BrN3O2. The molecular weight excluding hydrogens is 274 g/mol. The van der Waals surface area contributed by atoms with Gasteiger partial charge < -0.3 is 15.7 Å². The van der Waals surface area contributed by atoms with Crippen LogP contribution in [0.1, 0.15) is 6.42 Å². The van der Waals surface area contributed by atoms with Gasteiger partial charge in [0.15, 0.2) is 0 Å². The molecule has 0 amide bonds. The lowest BCUT2D eigenvalue weighted by Gasteiger charge is -2.20. The number of hydrogen-bond acceptors (Lipinski definition) is 4. The Morgan fingerprint density at radius 2 is 2.38 bits per heavy atom. The lowest BCUT2D eigenvalue weighted by atomic mass is 10.0. The van der Waals surface area contributed by atoms with E-state index < -0.39 is 11.5 Å². The summed E-state index contributed by atoms with van der Waals surface area (Å²) in [5, 5.41) is 9.00. The number of carboxylic acids is 1. The third-order valence-corrected chi connectivity index (χ3v) is 3.23. The summed E-state index contributed by atoms with van der Waals surface area (Å²) in [6.45, 7) is 0.925. The molecule has 86 valence electrons. The van der Waals surface area contributed by atoms with Crippen molar-refractivity contribution in [3.05, 3.63) is 22.8 Å². The molecule has 0 radical (unpaired) electrons. The molecule has 0 bridgehead atoms. The maximum Gasteiger partial charge on any atom is 0.325 e. The van der Waals surface area contributed by atoms with Crippen molar-refractivity contribution in [2.45, 2.75) is 12.0 Å². The number of nitrogens with two attached hydrogens (primary N) is 1. The Bertz CT molecular complexity index is 409. The monoisotopic (exact) mass is 285 g/mol. The molecule has 1 aliphatic heterocycles. The highest BCUT2D eigenvalue weighted by Crippen LogP contribution is 2.24. The first kappa shape index (κ1) is 11.3. The number of anilines is 1. The van der Waals surface area contributed by atoms with Crippen molar-refractivity contribution in [3.8, 4) is 0 Å². The molecule has 0 aliphatic carbocycles. The van der Waals surface area contributed by atoms with Gasteiger partial charge in [-0.3, -0.25) is 4.79 Å². The minimum Gasteiger partial charge on any atom is -0.480 e. The Hall–Kier alpha value is -1.14. The molecule has 16 heavy (non-hydrogen) atoms. The van der Waals surface area contributed by atoms with Crippen LogP contribution >= 0.6 is 15.9 Å². The third kappa shape index (κ3) is 2.03. The molecule has 1 aromatic heterocycles. The van der Waals surface area contributed by atoms with Gasteiger partial charge in [0.25, 0.3) is 0 Å². The summed E-state index contributed by atoms with van der Waals surface area (Å²) in [4.78, 5) is 17.1. The Morgan fingerprint density at radius 1 is 1.62 bits per heavy atom. The van der Waals surface area contributed by atoms with E-state index in [9.17, 15) is 4.79 Å². The fourth-order valence-electron chi connectivity index (χ4n) is 1.76. The fraction of sp³-hybridized carbons (Fsp3) is 0.400. The number of pyridine rings is 1. The van der Waals surface area contributed by atoms with Crippen molar-refractivity contribution in [1.29, 1.82) is 0 Å². The molecule has 5 nitrogen and oxygen atoms in total. The van der Waals surface area contributed by atoms with E-state index in [-0.39, 0.29) is 0 Å². The number of carboxylic acid groups (broad SMARTS) is 1. The highest BCUT2D eigenvalue weighted by molar-refractivity contribution is 9.10. The van der Waals surface area contributed by atoms with Crippen LogP contribution in [0.15, 0.2) is 22.8 Å². The molecule has 6 heteroatoms. The fourth-order valence-corrected chi connectivity index (χ4v) is 1.99. The summed E-state index contributed by atoms with van der Waals surface area (Å²) in [7, 11) is 0. The Labute approximate surface area is 101 Å². The minimum absolute atomic E-state index is 0.303. The summed E-state index contributed by atoms with van der Waals surface area (Å²) >= 11 is 3.30. The zero-order valence-electron chi connectivity index (χ0n) is 8.56. The number of rotatable bonds is 2. The van der Waals surface area contributed by atoms with Gasteiger partial charge in [-0.05, 0) is 34.5 Å². The number of halogens is 1. The standard InChI is InChI=1S/C10H12BrN3O2/c11-7-1-2-8(13-5-7)14-4-3-10(12,6-14)9(15)16/h1-2,5H,3-4,6,12H2,(H,15,16). The topological polar surface area (TPSA) is 79.5 Å². The quantitative estimate of drug-likeness (QED) is 0.842. The van der Waals surface area contributed by atoms with Gasteiger partial charge in [0.1, 0.15) is 11.4 Å². The molecule has 0 spiro atoms. The SMILES string of the molecule is NC1(C(=O)O)CCN(c2ccc(Br)cn2)C1. The maximum atomic E-state index is 11.0. The van der Waals surface area contributed by atoms with Crippen molar-refractivity contribution in [3.63, 3.8) is 0 Å². The number of hydrogen-bond donors (Lipinski definition) is 2. The van der Waals surface area contributed by atoms with Crippen molar-refractivity contribution in [1.82, 2.24) is 4.98 Å².